The third-order valence-electron chi connectivity index (χ3n) is 25.3. The fraction of sp³-hybridized carbons (Fsp3) is 0.333. The Morgan fingerprint density at radius 3 is 0.979 bits per heavy atom. The Labute approximate surface area is 860 Å². The van der Waals surface area contributed by atoms with Crippen LogP contribution < -0.4 is 19.9 Å². The normalized spacial score (nSPS) is 12.9. The third-order valence-corrected chi connectivity index (χ3v) is 51.9. The number of anilines is 4. The molecule has 46 heteroatoms. The van der Waals surface area contributed by atoms with Crippen LogP contribution in [-0.4, -0.2) is 117 Å². The molecule has 780 valence electrons. The van der Waals surface area contributed by atoms with Crippen molar-refractivity contribution in [3.63, 3.8) is 0 Å². The van der Waals surface area contributed by atoms with Crippen molar-refractivity contribution < 1.29 is 96.3 Å². The van der Waals surface area contributed by atoms with Crippen molar-refractivity contribution in [2.24, 2.45) is 0 Å². The number of nitrogens with one attached hydrogen (secondary N) is 3. The summed E-state index contributed by atoms with van der Waals surface area (Å²) in [7, 11) is -17.4. The number of aliphatic hydroxyl groups excluding tert-OH is 1. The molecule has 0 bridgehead atoms. The Balaban J connectivity index is 0.000000207. The average Bonchev–Trinajstić information content (AvgIpc) is 1.58. The molecular weight excluding hydrogens is 2180 g/mol. The quantitative estimate of drug-likeness (QED) is 0.0138. The van der Waals surface area contributed by atoms with Crippen LogP contribution in [-0.2, 0) is 70.2 Å². The standard InChI is InChI=1S/C29H35F3N4O3SSi.C29H35F3N4O2SSi.C17H26N2OSi.C12H8BrF3N2O2S.C7H4ClF3O2S.C5H5BrN2/c1-18(2)41(19(3)4,20(5)6)36-17-25(24-8-7-15-33-28(24)36)27(37)21-9-14-26(34-16-21)35-40(38,39)23-12-10-22(11-13-23)29(30,31)32;1-19(2)40(20(3)4,21(5)6)36-18-23(26-8-7-15-33-28(26)36)16-22-9-14-27(34-17-22)35-39(37,38)25-12-10-24(11-13-25)29(30,31)32;1-12(2)21(13(3)4,14(5)6)19-10-15(11-20)16-8-7-9-18-17(16)19;13-9-3-6-11(17-7-9)18-21(19,20)10-4-1-8(2-5-10)12(14,15)16;8-14(12,13)6-3-1-5(2-4-6)7(9,10)11;6-4-1-2-5(7)8-3-4/h7-20,27,37H,1-6H3,(H,34,35);7-15,17-21H,16H2,1-6H3,(H,34,35);7-14H,1-6H3;1-7H,(H,17,18);1-4H;1-3H,(H2,7,8). The molecule has 4 aromatic carbocycles. The van der Waals surface area contributed by atoms with Crippen molar-refractivity contribution in [3.8, 4) is 0 Å². The highest BCUT2D eigenvalue weighted by Crippen LogP contribution is 2.50. The zero-order valence-corrected chi connectivity index (χ0v) is 92.3. The zero-order valence-electron chi connectivity index (χ0n) is 82.1. The Hall–Kier alpha value is -10.8. The fourth-order valence-electron chi connectivity index (χ4n) is 19.4. The summed E-state index contributed by atoms with van der Waals surface area (Å²) in [6.07, 6.45) is 0.200. The van der Waals surface area contributed by atoms with Gasteiger partial charge in [-0.2, -0.15) is 52.7 Å². The summed E-state index contributed by atoms with van der Waals surface area (Å²) in [6, 6.07) is 37.4. The number of nitrogen functional groups attached to an aromatic ring is 1. The first-order valence-corrected chi connectivity index (χ1v) is 60.3. The largest absolute Gasteiger partial charge is 0.416 e. The minimum atomic E-state index is -4.57. The lowest BCUT2D eigenvalue weighted by Crippen LogP contribution is -2.51. The number of fused-ring (bicyclic) bond motifs is 3. The second-order valence-corrected chi connectivity index (χ2v) is 63.5. The lowest BCUT2D eigenvalue weighted by molar-refractivity contribution is -0.138. The molecule has 0 aliphatic heterocycles. The number of hydrogen-bond acceptors (Lipinski definition) is 18. The van der Waals surface area contributed by atoms with E-state index >= 15 is 0 Å². The van der Waals surface area contributed by atoms with E-state index in [0.29, 0.717) is 114 Å². The number of carbonyl (C=O) groups is 1. The molecule has 0 spiro atoms. The lowest BCUT2D eigenvalue weighted by atomic mass is 10.0. The molecule has 0 aliphatic rings. The molecule has 0 saturated heterocycles. The van der Waals surface area contributed by atoms with Crippen LogP contribution in [0.15, 0.2) is 272 Å². The number of carbonyl (C=O) groups excluding carboxylic acids is 1. The first-order chi connectivity index (χ1) is 67.3. The van der Waals surface area contributed by atoms with Crippen molar-refractivity contribution in [3.05, 3.63) is 303 Å². The number of halogens is 15. The number of pyridine rings is 7. The SMILES string of the molecule is CC(C)[Si](C(C)C)(C(C)C)n1cc(C(O)c2ccc(NS(=O)(=O)c3ccc(C(F)(F)F)cc3)nc2)c2cccnc21.CC(C)[Si](C(C)C)(C(C)C)n1cc(C=O)c2cccnc21.CC(C)[Si](C(C)C)(C(C)C)n1cc(Cc2ccc(NS(=O)(=O)c3ccc(C(F)(F)F)cc3)nc2)c2cccnc21.Nc1ccc(Br)cn1.O=S(=O)(Cl)c1ccc(C(F)(F)F)cc1.O=S(=O)(Nc1ccc(Br)cn1)c1ccc(C(F)(F)F)cc1. The Morgan fingerprint density at radius 1 is 0.372 bits per heavy atom. The zero-order chi connectivity index (χ0) is 108. The van der Waals surface area contributed by atoms with Gasteiger partial charge < -0.3 is 23.5 Å². The summed E-state index contributed by atoms with van der Waals surface area (Å²) >= 11 is 6.38. The van der Waals surface area contributed by atoms with Crippen LogP contribution in [0.5, 0.6) is 0 Å². The van der Waals surface area contributed by atoms with Crippen LogP contribution >= 0.6 is 42.5 Å². The Morgan fingerprint density at radius 2 is 0.676 bits per heavy atom. The predicted molar refractivity (Wildman–Crippen MR) is 559 cm³/mol. The monoisotopic (exact) mass is 2290 g/mol. The van der Waals surface area contributed by atoms with E-state index in [2.05, 4.69) is 227 Å². The van der Waals surface area contributed by atoms with Crippen molar-refractivity contribution in [1.29, 1.82) is 0 Å². The van der Waals surface area contributed by atoms with Gasteiger partial charge in [0, 0.05) is 121 Å². The number of aldehydes is 1. The van der Waals surface area contributed by atoms with E-state index in [0.717, 1.165) is 121 Å². The van der Waals surface area contributed by atoms with Gasteiger partial charge in [-0.1, -0.05) is 137 Å². The summed E-state index contributed by atoms with van der Waals surface area (Å²) in [6.45, 7) is 41.3. The van der Waals surface area contributed by atoms with E-state index in [1.165, 1.54) is 24.5 Å². The Kier molecular flexibility index (Phi) is 38.7. The van der Waals surface area contributed by atoms with E-state index in [4.69, 9.17) is 26.4 Å². The third kappa shape index (κ3) is 27.8. The molecule has 0 aliphatic carbocycles. The average molecular weight is 2290 g/mol. The van der Waals surface area contributed by atoms with Crippen molar-refractivity contribution in [2.75, 3.05) is 19.9 Å². The maximum atomic E-state index is 12.8. The van der Waals surface area contributed by atoms with Crippen LogP contribution in [0.1, 0.15) is 186 Å². The van der Waals surface area contributed by atoms with Gasteiger partial charge in [0.2, 0.25) is 0 Å². The van der Waals surface area contributed by atoms with Gasteiger partial charge in [0.1, 0.15) is 46.3 Å². The van der Waals surface area contributed by atoms with Gasteiger partial charge in [0.25, 0.3) is 39.1 Å². The van der Waals surface area contributed by atoms with Crippen molar-refractivity contribution in [2.45, 2.75) is 231 Å². The first kappa shape index (κ1) is 118. The number of hydrogen-bond donors (Lipinski definition) is 5. The van der Waals surface area contributed by atoms with E-state index < -0.39 is 117 Å². The summed E-state index contributed by atoms with van der Waals surface area (Å²) < 4.78 is 262. The van der Waals surface area contributed by atoms with Crippen molar-refractivity contribution >= 4 is 169 Å². The molecule has 0 fully saturated rings. The molecule has 145 heavy (non-hydrogen) atoms. The molecule has 24 nitrogen and oxygen atoms in total. The molecule has 0 saturated carbocycles. The number of nitrogens with two attached hydrogens (primary N) is 1. The highest BCUT2D eigenvalue weighted by atomic mass is 79.9. The van der Waals surface area contributed by atoms with Crippen LogP contribution in [0.2, 0.25) is 49.9 Å². The smallest absolute Gasteiger partial charge is 0.384 e. The molecule has 1 atom stereocenters. The highest BCUT2D eigenvalue weighted by molar-refractivity contribution is 9.10. The molecule has 0 radical (unpaired) electrons. The van der Waals surface area contributed by atoms with Gasteiger partial charge in [-0.15, -0.1) is 0 Å². The second-order valence-electron chi connectivity index (χ2n) is 36.9. The molecule has 14 aromatic rings. The van der Waals surface area contributed by atoms with Crippen LogP contribution in [0, 0.1) is 0 Å². The van der Waals surface area contributed by atoms with Gasteiger partial charge in [-0.3, -0.25) is 19.0 Å². The number of rotatable bonds is 27. The molecule has 0 amide bonds. The van der Waals surface area contributed by atoms with Gasteiger partial charge >= 0.3 is 24.7 Å². The summed E-state index contributed by atoms with van der Waals surface area (Å²) in [5, 5.41) is 14.4. The van der Waals surface area contributed by atoms with Gasteiger partial charge in [0.05, 0.1) is 41.8 Å². The maximum Gasteiger partial charge on any atom is 0.416 e. The topological polar surface area (TPSA) is 341 Å². The van der Waals surface area contributed by atoms with E-state index in [1.807, 2.05) is 55.0 Å². The lowest BCUT2D eigenvalue weighted by Gasteiger charge is -2.44. The second kappa shape index (κ2) is 47.6. The predicted octanol–water partition coefficient (Wildman–Crippen LogP) is 27.8. The molecule has 10 heterocycles. The van der Waals surface area contributed by atoms with Crippen LogP contribution in [0.4, 0.5) is 76.0 Å². The number of aromatic nitrogens is 10. The molecular formula is C99H113Br2ClF12N14O10S4Si3. The number of nitrogens with zero attached hydrogens (tertiary/aromatic N) is 10. The number of alkyl halides is 12. The van der Waals surface area contributed by atoms with E-state index in [-0.39, 0.29) is 37.0 Å². The summed E-state index contributed by atoms with van der Waals surface area (Å²) in [4.78, 5) is 40.4. The highest BCUT2D eigenvalue weighted by Gasteiger charge is 2.50. The minimum Gasteiger partial charge on any atom is -0.384 e. The Bertz CT molecular complexity index is 7150. The summed E-state index contributed by atoms with van der Waals surface area (Å²) in [5.41, 5.74) is 12.8. The van der Waals surface area contributed by atoms with Crippen molar-refractivity contribution in [1.82, 2.24) is 47.6 Å². The summed E-state index contributed by atoms with van der Waals surface area (Å²) in [5.74, 6) is 0.667. The van der Waals surface area contributed by atoms with Crippen LogP contribution in [0.25, 0.3) is 33.1 Å². The van der Waals surface area contributed by atoms with Gasteiger partial charge in [-0.25, -0.2) is 68.6 Å². The fourth-order valence-corrected chi connectivity index (χ4v) is 43.5. The van der Waals surface area contributed by atoms with Gasteiger partial charge in [0.15, 0.2) is 31.0 Å². The molecule has 1 unspecified atom stereocenters. The molecule has 6 N–H and O–H groups in total. The molecule has 10 aromatic heterocycles. The number of benzene rings is 4. The number of sulfonamides is 3. The van der Waals surface area contributed by atoms with Crippen LogP contribution in [0.3, 0.4) is 0 Å². The maximum absolute atomic E-state index is 12.8. The first-order valence-electron chi connectivity index (χ1n) is 45.5. The van der Waals surface area contributed by atoms with E-state index in [9.17, 15) is 96.3 Å². The molecule has 14 rings (SSSR count). The number of aliphatic hydroxyl groups is 1. The minimum absolute atomic E-state index is 0.0317. The van der Waals surface area contributed by atoms with E-state index in [1.54, 1.807) is 48.9 Å². The van der Waals surface area contributed by atoms with Gasteiger partial charge in [-0.05, 0) is 263 Å².